The highest BCUT2D eigenvalue weighted by Crippen LogP contribution is 1.91. The van der Waals surface area contributed by atoms with Gasteiger partial charge in [-0.05, 0) is 6.92 Å². The predicted molar refractivity (Wildman–Crippen MR) is 57.6 cm³/mol. The molecule has 0 aliphatic carbocycles. The Morgan fingerprint density at radius 1 is 1.44 bits per heavy atom. The van der Waals surface area contributed by atoms with Crippen LogP contribution in [0.2, 0.25) is 0 Å². The Kier molecular flexibility index (Phi) is 4.63. The number of aryl methyl sites for hydroxylation is 1. The van der Waals surface area contributed by atoms with Crippen LogP contribution in [0.3, 0.4) is 0 Å². The first-order valence-corrected chi connectivity index (χ1v) is 5.18. The molecular weight excluding hydrogens is 208 g/mol. The minimum absolute atomic E-state index is 0.0292. The van der Waals surface area contributed by atoms with Crippen molar-refractivity contribution in [2.24, 2.45) is 7.05 Å². The molecule has 0 bridgehead atoms. The average Bonchev–Trinajstić information content (AvgIpc) is 2.61. The van der Waals surface area contributed by atoms with Crippen LogP contribution in [0.1, 0.15) is 25.6 Å². The van der Waals surface area contributed by atoms with E-state index in [2.05, 4.69) is 15.4 Å². The summed E-state index contributed by atoms with van der Waals surface area (Å²) in [5.74, 6) is 0.627. The van der Waals surface area contributed by atoms with Gasteiger partial charge in [-0.2, -0.15) is 5.10 Å². The van der Waals surface area contributed by atoms with Crippen molar-refractivity contribution in [2.45, 2.75) is 26.2 Å². The van der Waals surface area contributed by atoms with E-state index in [0.717, 1.165) is 0 Å². The van der Waals surface area contributed by atoms with Crippen molar-refractivity contribution in [3.63, 3.8) is 0 Å². The molecule has 1 aromatic heterocycles. The zero-order chi connectivity index (χ0) is 12.0. The van der Waals surface area contributed by atoms with Crippen molar-refractivity contribution >= 4 is 11.7 Å². The van der Waals surface area contributed by atoms with Crippen LogP contribution in [0.5, 0.6) is 0 Å². The Morgan fingerprint density at radius 2 is 2.19 bits per heavy atom. The molecule has 0 unspecified atom stereocenters. The summed E-state index contributed by atoms with van der Waals surface area (Å²) in [6.45, 7) is 1.98. The van der Waals surface area contributed by atoms with Crippen LogP contribution in [0.4, 0.5) is 0 Å². The third kappa shape index (κ3) is 4.68. The van der Waals surface area contributed by atoms with Gasteiger partial charge >= 0.3 is 0 Å². The predicted octanol–water partition coefficient (Wildman–Crippen LogP) is -0.157. The summed E-state index contributed by atoms with van der Waals surface area (Å²) in [5.41, 5.74) is 0. The van der Waals surface area contributed by atoms with E-state index in [-0.39, 0.29) is 18.1 Å². The van der Waals surface area contributed by atoms with E-state index < -0.39 is 0 Å². The minimum atomic E-state index is -0.105. The number of carbonyl (C=O) groups is 2. The molecule has 6 heteroatoms. The first kappa shape index (κ1) is 12.4. The molecule has 0 fully saturated rings. The maximum absolute atomic E-state index is 11.2. The summed E-state index contributed by atoms with van der Waals surface area (Å²) < 4.78 is 1.62. The van der Waals surface area contributed by atoms with Crippen LogP contribution < -0.4 is 5.32 Å². The minimum Gasteiger partial charge on any atom is -0.356 e. The molecule has 0 saturated carbocycles. The molecule has 0 saturated heterocycles. The zero-order valence-electron chi connectivity index (χ0n) is 9.56. The van der Waals surface area contributed by atoms with Gasteiger partial charge in [0.25, 0.3) is 0 Å². The van der Waals surface area contributed by atoms with Crippen LogP contribution in [0.25, 0.3) is 0 Å². The lowest BCUT2D eigenvalue weighted by atomic mass is 10.2. The van der Waals surface area contributed by atoms with E-state index in [9.17, 15) is 9.59 Å². The molecule has 0 atom stereocenters. The van der Waals surface area contributed by atoms with E-state index in [0.29, 0.717) is 25.2 Å². The first-order chi connectivity index (χ1) is 7.58. The Labute approximate surface area is 94.1 Å². The van der Waals surface area contributed by atoms with Crippen molar-refractivity contribution in [3.8, 4) is 0 Å². The molecule has 0 spiro atoms. The Balaban J connectivity index is 2.15. The highest BCUT2D eigenvalue weighted by Gasteiger charge is 2.04. The number of nitrogens with one attached hydrogen (secondary N) is 1. The molecule has 0 radical (unpaired) electrons. The number of ketones is 1. The molecule has 1 aromatic rings. The summed E-state index contributed by atoms with van der Waals surface area (Å²) in [4.78, 5) is 25.9. The third-order valence-electron chi connectivity index (χ3n) is 2.02. The lowest BCUT2D eigenvalue weighted by Gasteiger charge is -2.01. The van der Waals surface area contributed by atoms with Crippen molar-refractivity contribution < 1.29 is 9.59 Å². The van der Waals surface area contributed by atoms with Gasteiger partial charge in [0.05, 0.1) is 0 Å². The second kappa shape index (κ2) is 5.99. The zero-order valence-corrected chi connectivity index (χ0v) is 9.56. The van der Waals surface area contributed by atoms with Gasteiger partial charge in [0.15, 0.2) is 5.82 Å². The van der Waals surface area contributed by atoms with Crippen molar-refractivity contribution in [1.29, 1.82) is 0 Å². The van der Waals surface area contributed by atoms with Crippen LogP contribution >= 0.6 is 0 Å². The van der Waals surface area contributed by atoms with Gasteiger partial charge < -0.3 is 10.1 Å². The number of nitrogens with zero attached hydrogens (tertiary/aromatic N) is 3. The molecule has 0 aliphatic rings. The summed E-state index contributed by atoms with van der Waals surface area (Å²) in [6, 6.07) is 0. The Hall–Kier alpha value is -1.72. The van der Waals surface area contributed by atoms with Gasteiger partial charge in [-0.15, -0.1) is 0 Å². The second-order valence-corrected chi connectivity index (χ2v) is 3.64. The molecule has 1 rings (SSSR count). The largest absolute Gasteiger partial charge is 0.356 e. The van der Waals surface area contributed by atoms with Gasteiger partial charge in [-0.25, -0.2) is 4.98 Å². The number of hydrogen-bond acceptors (Lipinski definition) is 4. The molecule has 1 amide bonds. The highest BCUT2D eigenvalue weighted by atomic mass is 16.2. The van der Waals surface area contributed by atoms with Gasteiger partial charge in [-0.3, -0.25) is 9.48 Å². The maximum Gasteiger partial charge on any atom is 0.220 e. The normalized spacial score (nSPS) is 10.1. The number of rotatable bonds is 6. The van der Waals surface area contributed by atoms with E-state index in [4.69, 9.17) is 0 Å². The monoisotopic (exact) mass is 224 g/mol. The summed E-state index contributed by atoms with van der Waals surface area (Å²) in [5, 5.41) is 6.80. The van der Waals surface area contributed by atoms with E-state index in [1.54, 1.807) is 18.1 Å². The number of hydrogen-bond donors (Lipinski definition) is 1. The number of aromatic nitrogens is 3. The molecule has 16 heavy (non-hydrogen) atoms. The third-order valence-corrected chi connectivity index (χ3v) is 2.02. The molecule has 6 nitrogen and oxygen atoms in total. The fraction of sp³-hybridized carbons (Fsp3) is 0.600. The van der Waals surface area contributed by atoms with Crippen LogP contribution in [0.15, 0.2) is 6.33 Å². The summed E-state index contributed by atoms with van der Waals surface area (Å²) >= 11 is 0. The number of Topliss-reactive ketones (excluding diaryl/α,β-unsaturated/α-hetero) is 1. The van der Waals surface area contributed by atoms with Crippen molar-refractivity contribution in [3.05, 3.63) is 12.2 Å². The highest BCUT2D eigenvalue weighted by molar-refractivity contribution is 5.83. The SMILES string of the molecule is CC(=O)CCC(=O)NCCc1ncn(C)n1. The Morgan fingerprint density at radius 3 is 2.75 bits per heavy atom. The number of amides is 1. The smallest absolute Gasteiger partial charge is 0.220 e. The fourth-order valence-electron chi connectivity index (χ4n) is 1.19. The van der Waals surface area contributed by atoms with Crippen molar-refractivity contribution in [1.82, 2.24) is 20.1 Å². The van der Waals surface area contributed by atoms with Gasteiger partial charge in [0.1, 0.15) is 12.1 Å². The van der Waals surface area contributed by atoms with Gasteiger partial charge in [0, 0.05) is 32.9 Å². The molecule has 0 aromatic carbocycles. The standard InChI is InChI=1S/C10H16N4O2/c1-8(15)3-4-10(16)11-6-5-9-12-7-14(2)13-9/h7H,3-6H2,1-2H3,(H,11,16). The van der Waals surface area contributed by atoms with E-state index in [1.165, 1.54) is 6.92 Å². The average molecular weight is 224 g/mol. The van der Waals surface area contributed by atoms with Crippen LogP contribution in [-0.4, -0.2) is 33.0 Å². The van der Waals surface area contributed by atoms with E-state index in [1.807, 2.05) is 0 Å². The molecule has 88 valence electrons. The molecule has 1 heterocycles. The second-order valence-electron chi connectivity index (χ2n) is 3.64. The summed E-state index contributed by atoms with van der Waals surface area (Å²) in [6.07, 6.45) is 2.78. The molecule has 0 aliphatic heterocycles. The Bertz CT molecular complexity index is 373. The lowest BCUT2D eigenvalue weighted by Crippen LogP contribution is -2.26. The molecule has 1 N–H and O–H groups in total. The topological polar surface area (TPSA) is 76.9 Å². The fourth-order valence-corrected chi connectivity index (χ4v) is 1.19. The first-order valence-electron chi connectivity index (χ1n) is 5.18. The number of carbonyl (C=O) groups excluding carboxylic acids is 2. The van der Waals surface area contributed by atoms with E-state index >= 15 is 0 Å². The molecular formula is C10H16N4O2. The quantitative estimate of drug-likeness (QED) is 0.728. The van der Waals surface area contributed by atoms with Crippen molar-refractivity contribution in [2.75, 3.05) is 6.54 Å². The van der Waals surface area contributed by atoms with Crippen LogP contribution in [-0.2, 0) is 23.1 Å². The summed E-state index contributed by atoms with van der Waals surface area (Å²) in [7, 11) is 1.79. The lowest BCUT2D eigenvalue weighted by molar-refractivity contribution is -0.124. The van der Waals surface area contributed by atoms with Gasteiger partial charge in [0.2, 0.25) is 5.91 Å². The van der Waals surface area contributed by atoms with Gasteiger partial charge in [-0.1, -0.05) is 0 Å². The van der Waals surface area contributed by atoms with Crippen LogP contribution in [0, 0.1) is 0 Å². The maximum atomic E-state index is 11.2.